The minimum atomic E-state index is -1.31. The summed E-state index contributed by atoms with van der Waals surface area (Å²) in [5, 5.41) is 23.1. The van der Waals surface area contributed by atoms with Crippen LogP contribution < -0.4 is 10.2 Å². The van der Waals surface area contributed by atoms with Crippen molar-refractivity contribution in [2.45, 2.75) is 6.54 Å². The van der Waals surface area contributed by atoms with Crippen LogP contribution in [0, 0.1) is 0 Å². The van der Waals surface area contributed by atoms with Crippen molar-refractivity contribution >= 4 is 33.7 Å². The van der Waals surface area contributed by atoms with E-state index in [1.165, 1.54) is 4.90 Å². The van der Waals surface area contributed by atoms with Crippen LogP contribution in [-0.2, 0) is 33.2 Å². The van der Waals surface area contributed by atoms with Gasteiger partial charge < -0.3 is 30.8 Å². The SMILES string of the molecule is O.O.O=C([O-])CN(CC(=O)[O-])Cc1ccccc1.[Cu+2].c1cnc2c(c1)ccc1cccnc12. The van der Waals surface area contributed by atoms with Crippen molar-refractivity contribution in [3.8, 4) is 0 Å². The Kier molecular flexibility index (Phi) is 13.1. The number of hydrogen-bond acceptors (Lipinski definition) is 7. The maximum absolute atomic E-state index is 10.4. The predicted molar refractivity (Wildman–Crippen MR) is 116 cm³/mol. The number of rotatable bonds is 6. The van der Waals surface area contributed by atoms with Crippen molar-refractivity contribution in [3.63, 3.8) is 0 Å². The maximum atomic E-state index is 10.4. The van der Waals surface area contributed by atoms with Gasteiger partial charge in [0.2, 0.25) is 0 Å². The first-order chi connectivity index (χ1) is 14.5. The van der Waals surface area contributed by atoms with E-state index in [4.69, 9.17) is 0 Å². The molecule has 4 aromatic rings. The minimum Gasteiger partial charge on any atom is -0.549 e. The summed E-state index contributed by atoms with van der Waals surface area (Å²) in [5.41, 5.74) is 2.79. The number of aromatic nitrogens is 2. The summed E-state index contributed by atoms with van der Waals surface area (Å²) < 4.78 is 0. The number of carbonyl (C=O) groups excluding carboxylic acids is 2. The van der Waals surface area contributed by atoms with Gasteiger partial charge in [0, 0.05) is 42.8 Å². The topological polar surface area (TPSA) is 172 Å². The molecule has 177 valence electrons. The van der Waals surface area contributed by atoms with E-state index in [1.807, 2.05) is 18.2 Å². The molecule has 10 heteroatoms. The van der Waals surface area contributed by atoms with Crippen LogP contribution in [0.3, 0.4) is 0 Å². The molecule has 4 N–H and O–H groups in total. The second-order valence-electron chi connectivity index (χ2n) is 6.59. The molecule has 0 atom stereocenters. The van der Waals surface area contributed by atoms with Gasteiger partial charge in [0.25, 0.3) is 0 Å². The fraction of sp³-hybridized carbons (Fsp3) is 0.130. The second-order valence-corrected chi connectivity index (χ2v) is 6.59. The summed E-state index contributed by atoms with van der Waals surface area (Å²) in [6.45, 7) is -0.617. The van der Waals surface area contributed by atoms with Gasteiger partial charge >= 0.3 is 17.1 Å². The van der Waals surface area contributed by atoms with Gasteiger partial charge in [0.1, 0.15) is 0 Å². The molecule has 0 spiro atoms. The molecule has 0 aliphatic heterocycles. The Bertz CT molecular complexity index is 1090. The van der Waals surface area contributed by atoms with Gasteiger partial charge in [0.05, 0.1) is 23.0 Å². The third-order valence-corrected chi connectivity index (χ3v) is 4.30. The van der Waals surface area contributed by atoms with E-state index in [2.05, 4.69) is 34.2 Å². The molecule has 0 aliphatic carbocycles. The van der Waals surface area contributed by atoms with E-state index in [0.717, 1.165) is 27.4 Å². The van der Waals surface area contributed by atoms with E-state index in [0.29, 0.717) is 0 Å². The molecule has 0 fully saturated rings. The van der Waals surface area contributed by atoms with Crippen molar-refractivity contribution in [3.05, 3.63) is 84.7 Å². The summed E-state index contributed by atoms with van der Waals surface area (Å²) in [7, 11) is 0. The van der Waals surface area contributed by atoms with E-state index < -0.39 is 25.0 Å². The van der Waals surface area contributed by atoms with Gasteiger partial charge in [-0.15, -0.1) is 0 Å². The first-order valence-corrected chi connectivity index (χ1v) is 9.27. The van der Waals surface area contributed by atoms with Gasteiger partial charge in [-0.25, -0.2) is 0 Å². The van der Waals surface area contributed by atoms with E-state index in [-0.39, 0.29) is 34.6 Å². The number of carboxylic acids is 2. The Morgan fingerprint density at radius 2 is 1.15 bits per heavy atom. The Labute approximate surface area is 200 Å². The monoisotopic (exact) mass is 500 g/mol. The third kappa shape index (κ3) is 8.93. The largest absolute Gasteiger partial charge is 2.00 e. The molecule has 0 unspecified atom stereocenters. The van der Waals surface area contributed by atoms with Gasteiger partial charge in [-0.2, -0.15) is 0 Å². The molecule has 0 saturated carbocycles. The summed E-state index contributed by atoms with van der Waals surface area (Å²) >= 11 is 0. The Morgan fingerprint density at radius 3 is 1.58 bits per heavy atom. The van der Waals surface area contributed by atoms with Crippen LogP contribution in [0.5, 0.6) is 0 Å². The molecule has 33 heavy (non-hydrogen) atoms. The molecule has 0 saturated heterocycles. The number of pyridine rings is 2. The Hall–Kier alpha value is -3.40. The normalized spacial score (nSPS) is 9.61. The quantitative estimate of drug-likeness (QED) is 0.244. The predicted octanol–water partition coefficient (Wildman–Crippen LogP) is -0.880. The molecular formula is C23H23CuN3O6. The molecule has 1 radical (unpaired) electrons. The van der Waals surface area contributed by atoms with Crippen LogP contribution in [0.25, 0.3) is 21.8 Å². The number of carboxylic acid groups (broad SMARTS) is 2. The van der Waals surface area contributed by atoms with Crippen molar-refractivity contribution in [1.82, 2.24) is 14.9 Å². The zero-order valence-corrected chi connectivity index (χ0v) is 18.3. The molecule has 4 rings (SSSR count). The fourth-order valence-electron chi connectivity index (χ4n) is 3.05. The smallest absolute Gasteiger partial charge is 0.549 e. The molecule has 0 amide bonds. The molecule has 2 aromatic heterocycles. The number of carbonyl (C=O) groups is 2. The first-order valence-electron chi connectivity index (χ1n) is 9.27. The van der Waals surface area contributed by atoms with E-state index >= 15 is 0 Å². The molecule has 0 bridgehead atoms. The number of fused-ring (bicyclic) bond motifs is 3. The average Bonchev–Trinajstić information content (AvgIpc) is 2.74. The standard InChI is InChI=1S/C12H8N2.C11H13NO4.Cu.2H2O/c1-3-9-5-6-10-4-2-8-14-12(10)11(9)13-7-1;13-10(14)7-12(8-11(15)16)6-9-4-2-1-3-5-9;;;/h1-8H;1-5H,6-8H2,(H,13,14)(H,15,16);;2*1H2/q;;+2;;/p-2. The summed E-state index contributed by atoms with van der Waals surface area (Å²) in [6.07, 6.45) is 3.60. The van der Waals surface area contributed by atoms with Crippen molar-refractivity contribution in [1.29, 1.82) is 0 Å². The van der Waals surface area contributed by atoms with Gasteiger partial charge in [0.15, 0.2) is 0 Å². The first kappa shape index (κ1) is 29.6. The Balaban J connectivity index is 0.000000571. The molecule has 9 nitrogen and oxygen atoms in total. The van der Waals surface area contributed by atoms with Crippen LogP contribution in [0.1, 0.15) is 5.56 Å². The molecule has 2 heterocycles. The van der Waals surface area contributed by atoms with Gasteiger partial charge in [-0.05, 0) is 17.7 Å². The van der Waals surface area contributed by atoms with Gasteiger partial charge in [-0.1, -0.05) is 54.6 Å². The number of nitrogens with zero attached hydrogens (tertiary/aromatic N) is 3. The minimum absolute atomic E-state index is 0. The van der Waals surface area contributed by atoms with Crippen molar-refractivity contribution in [2.24, 2.45) is 0 Å². The van der Waals surface area contributed by atoms with Crippen molar-refractivity contribution < 1.29 is 47.8 Å². The number of aliphatic carboxylic acids is 2. The van der Waals surface area contributed by atoms with Crippen LogP contribution in [0.15, 0.2) is 79.1 Å². The second kappa shape index (κ2) is 14.6. The van der Waals surface area contributed by atoms with Gasteiger partial charge in [-0.3, -0.25) is 14.9 Å². The summed E-state index contributed by atoms with van der Waals surface area (Å²) in [4.78, 5) is 30.8. The van der Waals surface area contributed by atoms with Crippen LogP contribution in [0.2, 0.25) is 0 Å². The van der Waals surface area contributed by atoms with Crippen LogP contribution in [0.4, 0.5) is 0 Å². The Morgan fingerprint density at radius 1 is 0.697 bits per heavy atom. The third-order valence-electron chi connectivity index (χ3n) is 4.30. The van der Waals surface area contributed by atoms with E-state index in [9.17, 15) is 19.8 Å². The zero-order chi connectivity index (χ0) is 21.3. The van der Waals surface area contributed by atoms with Crippen LogP contribution in [-0.4, -0.2) is 50.8 Å². The number of benzene rings is 2. The molecule has 2 aromatic carbocycles. The summed E-state index contributed by atoms with van der Waals surface area (Å²) in [6, 6.07) is 21.1. The molecule has 0 aliphatic rings. The number of hydrogen-bond donors (Lipinski definition) is 0. The average molecular weight is 501 g/mol. The molecular weight excluding hydrogens is 478 g/mol. The zero-order valence-electron chi connectivity index (χ0n) is 17.4. The van der Waals surface area contributed by atoms with Crippen LogP contribution >= 0.6 is 0 Å². The van der Waals surface area contributed by atoms with E-state index in [1.54, 1.807) is 36.7 Å². The van der Waals surface area contributed by atoms with Crippen molar-refractivity contribution in [2.75, 3.05) is 13.1 Å². The maximum Gasteiger partial charge on any atom is 2.00 e. The fourth-order valence-corrected chi connectivity index (χ4v) is 3.05. The summed E-state index contributed by atoms with van der Waals surface area (Å²) in [5.74, 6) is -2.62.